The fraction of sp³-hybridized carbons (Fsp3) is 0.421. The molecule has 0 radical (unpaired) electrons. The van der Waals surface area contributed by atoms with Gasteiger partial charge in [0.25, 0.3) is 5.91 Å². The SMILES string of the molecule is CCOc1ccccc1Nc1ncc(C(=O)N2CCCCCC2)cn1. The number of nitrogens with one attached hydrogen (secondary N) is 1. The lowest BCUT2D eigenvalue weighted by molar-refractivity contribution is 0.0761. The van der Waals surface area contributed by atoms with Gasteiger partial charge in [0.1, 0.15) is 5.75 Å². The van der Waals surface area contributed by atoms with Crippen molar-refractivity contribution >= 4 is 17.5 Å². The molecule has 1 aliphatic heterocycles. The van der Waals surface area contributed by atoms with E-state index in [1.807, 2.05) is 36.1 Å². The highest BCUT2D eigenvalue weighted by atomic mass is 16.5. The van der Waals surface area contributed by atoms with Crippen molar-refractivity contribution in [1.82, 2.24) is 14.9 Å². The van der Waals surface area contributed by atoms with E-state index in [9.17, 15) is 4.79 Å². The minimum Gasteiger partial charge on any atom is -0.492 e. The van der Waals surface area contributed by atoms with Crippen LogP contribution in [0.1, 0.15) is 43.0 Å². The van der Waals surface area contributed by atoms with Crippen LogP contribution in [0, 0.1) is 0 Å². The van der Waals surface area contributed by atoms with Gasteiger partial charge in [-0.25, -0.2) is 9.97 Å². The molecule has 25 heavy (non-hydrogen) atoms. The normalized spacial score (nSPS) is 14.7. The van der Waals surface area contributed by atoms with Crippen molar-refractivity contribution in [2.45, 2.75) is 32.6 Å². The summed E-state index contributed by atoms with van der Waals surface area (Å²) in [6.45, 7) is 4.17. The number of likely N-dealkylation sites (tertiary alicyclic amines) is 1. The number of aromatic nitrogens is 2. The number of rotatable bonds is 5. The summed E-state index contributed by atoms with van der Waals surface area (Å²) in [5.41, 5.74) is 1.33. The van der Waals surface area contributed by atoms with Crippen LogP contribution in [0.25, 0.3) is 0 Å². The van der Waals surface area contributed by atoms with Crippen LogP contribution in [0.2, 0.25) is 0 Å². The number of ether oxygens (including phenoxy) is 1. The maximum absolute atomic E-state index is 12.6. The van der Waals surface area contributed by atoms with E-state index >= 15 is 0 Å². The second-order valence-corrected chi connectivity index (χ2v) is 6.06. The first-order valence-electron chi connectivity index (χ1n) is 8.88. The van der Waals surface area contributed by atoms with E-state index in [4.69, 9.17) is 4.74 Å². The third-order valence-corrected chi connectivity index (χ3v) is 4.23. The Morgan fingerprint density at radius 2 is 1.80 bits per heavy atom. The number of hydrogen-bond donors (Lipinski definition) is 1. The van der Waals surface area contributed by atoms with Gasteiger partial charge in [0, 0.05) is 25.5 Å². The fourth-order valence-corrected chi connectivity index (χ4v) is 2.93. The molecule has 132 valence electrons. The molecular formula is C19H24N4O2. The van der Waals surface area contributed by atoms with Crippen molar-refractivity contribution in [3.05, 3.63) is 42.2 Å². The predicted octanol–water partition coefficient (Wildman–Crippen LogP) is 3.64. The van der Waals surface area contributed by atoms with Crippen molar-refractivity contribution in [3.8, 4) is 5.75 Å². The summed E-state index contributed by atoms with van der Waals surface area (Å²) >= 11 is 0. The third-order valence-electron chi connectivity index (χ3n) is 4.23. The van der Waals surface area contributed by atoms with Crippen molar-refractivity contribution in [2.24, 2.45) is 0 Å². The monoisotopic (exact) mass is 340 g/mol. The Morgan fingerprint density at radius 1 is 1.12 bits per heavy atom. The molecule has 1 N–H and O–H groups in total. The molecule has 1 saturated heterocycles. The van der Waals surface area contributed by atoms with E-state index in [1.54, 1.807) is 12.4 Å². The molecule has 0 bridgehead atoms. The molecule has 3 rings (SSSR count). The van der Waals surface area contributed by atoms with E-state index in [0.717, 1.165) is 37.4 Å². The zero-order chi connectivity index (χ0) is 17.5. The Labute approximate surface area is 148 Å². The van der Waals surface area contributed by atoms with Gasteiger partial charge in [0.15, 0.2) is 0 Å². The largest absolute Gasteiger partial charge is 0.492 e. The van der Waals surface area contributed by atoms with Crippen LogP contribution in [0.5, 0.6) is 5.75 Å². The molecule has 6 heteroatoms. The summed E-state index contributed by atoms with van der Waals surface area (Å²) in [6, 6.07) is 7.63. The average molecular weight is 340 g/mol. The molecule has 0 aliphatic carbocycles. The second kappa shape index (κ2) is 8.46. The van der Waals surface area contributed by atoms with Crippen LogP contribution in [0.3, 0.4) is 0 Å². The standard InChI is InChI=1S/C19H24N4O2/c1-2-25-17-10-6-5-9-16(17)22-19-20-13-15(14-21-19)18(24)23-11-7-3-4-8-12-23/h5-6,9-10,13-14H,2-4,7-8,11-12H2,1H3,(H,20,21,22). The van der Waals surface area contributed by atoms with Crippen molar-refractivity contribution in [3.63, 3.8) is 0 Å². The summed E-state index contributed by atoms with van der Waals surface area (Å²) in [5.74, 6) is 1.21. The number of anilines is 2. The molecule has 2 aromatic rings. The van der Waals surface area contributed by atoms with E-state index in [1.165, 1.54) is 12.8 Å². The lowest BCUT2D eigenvalue weighted by atomic mass is 10.2. The van der Waals surface area contributed by atoms with Crippen LogP contribution in [0.15, 0.2) is 36.7 Å². The Morgan fingerprint density at radius 3 is 2.48 bits per heavy atom. The van der Waals surface area contributed by atoms with Gasteiger partial charge in [0.2, 0.25) is 5.95 Å². The highest BCUT2D eigenvalue weighted by molar-refractivity contribution is 5.93. The number of carbonyl (C=O) groups excluding carboxylic acids is 1. The number of benzene rings is 1. The van der Waals surface area contributed by atoms with Gasteiger partial charge in [-0.2, -0.15) is 0 Å². The quantitative estimate of drug-likeness (QED) is 0.900. The van der Waals surface area contributed by atoms with Gasteiger partial charge >= 0.3 is 0 Å². The number of nitrogens with zero attached hydrogens (tertiary/aromatic N) is 3. The van der Waals surface area contributed by atoms with Crippen LogP contribution in [-0.2, 0) is 0 Å². The van der Waals surface area contributed by atoms with Crippen molar-refractivity contribution < 1.29 is 9.53 Å². The van der Waals surface area contributed by atoms with Crippen LogP contribution >= 0.6 is 0 Å². The van der Waals surface area contributed by atoms with E-state index < -0.39 is 0 Å². The van der Waals surface area contributed by atoms with Crippen molar-refractivity contribution in [2.75, 3.05) is 25.0 Å². The molecular weight excluding hydrogens is 316 g/mol. The second-order valence-electron chi connectivity index (χ2n) is 6.06. The number of para-hydroxylation sites is 2. The average Bonchev–Trinajstić information content (AvgIpc) is 2.93. The van der Waals surface area contributed by atoms with Crippen molar-refractivity contribution in [1.29, 1.82) is 0 Å². The predicted molar refractivity (Wildman–Crippen MR) is 97.3 cm³/mol. The number of hydrogen-bond acceptors (Lipinski definition) is 5. The topological polar surface area (TPSA) is 67.3 Å². The highest BCUT2D eigenvalue weighted by Gasteiger charge is 2.18. The zero-order valence-corrected chi connectivity index (χ0v) is 14.6. The van der Waals surface area contributed by atoms with Crippen LogP contribution < -0.4 is 10.1 Å². The maximum atomic E-state index is 12.6. The summed E-state index contributed by atoms with van der Waals surface area (Å²) < 4.78 is 5.58. The third kappa shape index (κ3) is 4.47. The summed E-state index contributed by atoms with van der Waals surface area (Å²) in [6.07, 6.45) is 7.71. The molecule has 1 aromatic carbocycles. The first-order valence-corrected chi connectivity index (χ1v) is 8.88. The number of carbonyl (C=O) groups is 1. The zero-order valence-electron chi connectivity index (χ0n) is 14.6. The maximum Gasteiger partial charge on any atom is 0.256 e. The molecule has 2 heterocycles. The van der Waals surface area contributed by atoms with Gasteiger partial charge in [-0.15, -0.1) is 0 Å². The molecule has 6 nitrogen and oxygen atoms in total. The van der Waals surface area contributed by atoms with Gasteiger partial charge in [-0.3, -0.25) is 4.79 Å². The Hall–Kier alpha value is -2.63. The molecule has 0 atom stereocenters. The molecule has 1 aliphatic rings. The molecule has 0 saturated carbocycles. The summed E-state index contributed by atoms with van der Waals surface area (Å²) in [7, 11) is 0. The first kappa shape index (κ1) is 17.2. The lowest BCUT2D eigenvalue weighted by Gasteiger charge is -2.20. The van der Waals surface area contributed by atoms with Gasteiger partial charge in [-0.1, -0.05) is 25.0 Å². The fourth-order valence-electron chi connectivity index (χ4n) is 2.93. The lowest BCUT2D eigenvalue weighted by Crippen LogP contribution is -2.32. The molecule has 1 fully saturated rings. The Balaban J connectivity index is 1.69. The molecule has 0 spiro atoms. The van der Waals surface area contributed by atoms with E-state index in [0.29, 0.717) is 18.1 Å². The minimum absolute atomic E-state index is 0.0168. The van der Waals surface area contributed by atoms with Gasteiger partial charge < -0.3 is 15.0 Å². The van der Waals surface area contributed by atoms with Gasteiger partial charge in [-0.05, 0) is 31.9 Å². The van der Waals surface area contributed by atoms with Gasteiger partial charge in [0.05, 0.1) is 17.9 Å². The first-order chi connectivity index (χ1) is 12.3. The molecule has 1 aromatic heterocycles. The van der Waals surface area contributed by atoms with Crippen LogP contribution in [0.4, 0.5) is 11.6 Å². The highest BCUT2D eigenvalue weighted by Crippen LogP contribution is 2.26. The number of amides is 1. The minimum atomic E-state index is 0.0168. The van der Waals surface area contributed by atoms with E-state index in [-0.39, 0.29) is 5.91 Å². The summed E-state index contributed by atoms with van der Waals surface area (Å²) in [4.78, 5) is 23.1. The Bertz CT molecular complexity index is 695. The molecule has 1 amide bonds. The summed E-state index contributed by atoms with van der Waals surface area (Å²) in [5, 5.41) is 3.14. The smallest absolute Gasteiger partial charge is 0.256 e. The van der Waals surface area contributed by atoms with E-state index in [2.05, 4.69) is 15.3 Å². The Kier molecular flexibility index (Phi) is 5.82. The van der Waals surface area contributed by atoms with Crippen LogP contribution in [-0.4, -0.2) is 40.5 Å². The molecule has 0 unspecified atom stereocenters.